The van der Waals surface area contributed by atoms with Crippen LogP contribution < -0.4 is 11.3 Å². The lowest BCUT2D eigenvalue weighted by Crippen LogP contribution is -2.16. The Hall–Kier alpha value is -1.75. The minimum absolute atomic E-state index is 0.0220. The Morgan fingerprint density at radius 3 is 2.78 bits per heavy atom. The van der Waals surface area contributed by atoms with Crippen molar-refractivity contribution >= 4 is 17.3 Å². The molecule has 0 atom stereocenters. The Morgan fingerprint density at radius 2 is 2.17 bits per heavy atom. The Bertz CT molecular complexity index is 672. The highest BCUT2D eigenvalue weighted by molar-refractivity contribution is 6.30. The number of anilines is 1. The van der Waals surface area contributed by atoms with Crippen LogP contribution in [-0.4, -0.2) is 9.78 Å². The van der Waals surface area contributed by atoms with Gasteiger partial charge in [-0.2, -0.15) is 0 Å². The molecule has 1 saturated carbocycles. The normalized spacial score (nSPS) is 15.0. The molecule has 0 saturated heterocycles. The Balaban J connectivity index is 2.13. The molecule has 0 amide bonds. The molecular formula is C12H11ClFN3O. The van der Waals surface area contributed by atoms with Crippen molar-refractivity contribution in [1.82, 2.24) is 9.78 Å². The number of hydrogen-bond donors (Lipinski definition) is 2. The van der Waals surface area contributed by atoms with Crippen LogP contribution in [0.15, 0.2) is 23.0 Å². The van der Waals surface area contributed by atoms with Gasteiger partial charge in [-0.3, -0.25) is 9.89 Å². The number of nitrogens with zero attached hydrogens (tertiary/aromatic N) is 1. The molecule has 0 radical (unpaired) electrons. The van der Waals surface area contributed by atoms with E-state index in [1.54, 1.807) is 6.07 Å². The second kappa shape index (κ2) is 3.88. The predicted molar refractivity (Wildman–Crippen MR) is 67.7 cm³/mol. The van der Waals surface area contributed by atoms with E-state index in [1.165, 1.54) is 16.8 Å². The molecule has 1 aliphatic carbocycles. The summed E-state index contributed by atoms with van der Waals surface area (Å²) in [5, 5.41) is 2.97. The molecule has 0 spiro atoms. The number of aromatic amines is 1. The predicted octanol–water partition coefficient (Wildman–Crippen LogP) is 2.42. The zero-order valence-electron chi connectivity index (χ0n) is 9.41. The molecule has 2 aromatic rings. The van der Waals surface area contributed by atoms with Gasteiger partial charge in [0.2, 0.25) is 0 Å². The molecule has 0 bridgehead atoms. The maximum Gasteiger partial charge on any atom is 0.294 e. The van der Waals surface area contributed by atoms with Gasteiger partial charge in [0.1, 0.15) is 11.5 Å². The summed E-state index contributed by atoms with van der Waals surface area (Å²) < 4.78 is 14.6. The first-order valence-electron chi connectivity index (χ1n) is 5.63. The number of hydrogen-bond acceptors (Lipinski definition) is 2. The van der Waals surface area contributed by atoms with E-state index in [9.17, 15) is 9.18 Å². The molecule has 3 rings (SSSR count). The highest BCUT2D eigenvalue weighted by atomic mass is 35.5. The summed E-state index contributed by atoms with van der Waals surface area (Å²) in [4.78, 5) is 12.0. The van der Waals surface area contributed by atoms with E-state index in [1.807, 2.05) is 0 Å². The topological polar surface area (TPSA) is 63.8 Å². The van der Waals surface area contributed by atoms with Crippen LogP contribution in [0.5, 0.6) is 0 Å². The average molecular weight is 268 g/mol. The Kier molecular flexibility index (Phi) is 2.45. The maximum absolute atomic E-state index is 13.4. The molecular weight excluding hydrogens is 257 g/mol. The lowest BCUT2D eigenvalue weighted by Gasteiger charge is -2.02. The fourth-order valence-corrected chi connectivity index (χ4v) is 2.07. The monoisotopic (exact) mass is 267 g/mol. The number of rotatable bonds is 2. The number of nitrogen functional groups attached to an aromatic ring is 1. The second-order valence-corrected chi connectivity index (χ2v) is 4.86. The first-order chi connectivity index (χ1) is 8.58. The summed E-state index contributed by atoms with van der Waals surface area (Å²) in [5.41, 5.74) is 6.77. The fraction of sp³-hybridized carbons (Fsp3) is 0.250. The summed E-state index contributed by atoms with van der Waals surface area (Å²) in [5.74, 6) is -0.238. The van der Waals surface area contributed by atoms with E-state index in [-0.39, 0.29) is 16.3 Å². The highest BCUT2D eigenvalue weighted by Gasteiger charge is 2.29. The van der Waals surface area contributed by atoms with Crippen LogP contribution in [0.3, 0.4) is 0 Å². The SMILES string of the molecule is Nc1c(C2CC2)[nH]n(-c2ccc(Cl)c(F)c2)c1=O. The molecule has 0 aliphatic heterocycles. The number of nitrogens with one attached hydrogen (secondary N) is 1. The molecule has 1 heterocycles. The van der Waals surface area contributed by atoms with Crippen LogP contribution in [0.25, 0.3) is 5.69 Å². The zero-order valence-corrected chi connectivity index (χ0v) is 10.2. The van der Waals surface area contributed by atoms with E-state index in [0.29, 0.717) is 11.6 Å². The summed E-state index contributed by atoms with van der Waals surface area (Å²) in [6.45, 7) is 0. The number of benzene rings is 1. The number of H-pyrrole nitrogens is 1. The van der Waals surface area contributed by atoms with Crippen LogP contribution in [0.1, 0.15) is 24.5 Å². The molecule has 18 heavy (non-hydrogen) atoms. The number of halogens is 2. The van der Waals surface area contributed by atoms with Gasteiger partial charge in [0.15, 0.2) is 0 Å². The lowest BCUT2D eigenvalue weighted by molar-refractivity contribution is 0.625. The van der Waals surface area contributed by atoms with Crippen LogP contribution >= 0.6 is 11.6 Å². The smallest absolute Gasteiger partial charge is 0.294 e. The van der Waals surface area contributed by atoms with Gasteiger partial charge in [-0.1, -0.05) is 11.6 Å². The maximum atomic E-state index is 13.4. The molecule has 1 aromatic carbocycles. The van der Waals surface area contributed by atoms with Crippen molar-refractivity contribution in [2.24, 2.45) is 0 Å². The van der Waals surface area contributed by atoms with Crippen LogP contribution in [0.4, 0.5) is 10.1 Å². The van der Waals surface area contributed by atoms with Gasteiger partial charge in [-0.25, -0.2) is 9.07 Å². The van der Waals surface area contributed by atoms with Crippen molar-refractivity contribution in [3.63, 3.8) is 0 Å². The Labute approximate surface area is 107 Å². The Morgan fingerprint density at radius 1 is 1.44 bits per heavy atom. The lowest BCUT2D eigenvalue weighted by atomic mass is 10.2. The summed E-state index contributed by atoms with van der Waals surface area (Å²) in [7, 11) is 0. The molecule has 1 aliphatic rings. The minimum Gasteiger partial charge on any atom is -0.393 e. The van der Waals surface area contributed by atoms with E-state index in [2.05, 4.69) is 5.10 Å². The van der Waals surface area contributed by atoms with Crippen molar-refractivity contribution < 1.29 is 4.39 Å². The fourth-order valence-electron chi connectivity index (χ4n) is 1.96. The van der Waals surface area contributed by atoms with Gasteiger partial charge in [0, 0.05) is 12.0 Å². The average Bonchev–Trinajstić information content (AvgIpc) is 3.13. The van der Waals surface area contributed by atoms with E-state index < -0.39 is 5.82 Å². The molecule has 6 heteroatoms. The number of aromatic nitrogens is 2. The third-order valence-corrected chi connectivity index (χ3v) is 3.41. The van der Waals surface area contributed by atoms with Crippen molar-refractivity contribution in [2.45, 2.75) is 18.8 Å². The molecule has 1 aromatic heterocycles. The third kappa shape index (κ3) is 1.71. The van der Waals surface area contributed by atoms with Crippen LogP contribution in [0, 0.1) is 5.82 Å². The molecule has 94 valence electrons. The standard InChI is InChI=1S/C12H11ClFN3O/c13-8-4-3-7(5-9(8)14)17-12(18)10(15)11(16-17)6-1-2-6/h3-6,16H,1-2,15H2. The van der Waals surface area contributed by atoms with Gasteiger partial charge < -0.3 is 5.73 Å². The molecule has 3 N–H and O–H groups in total. The zero-order chi connectivity index (χ0) is 12.9. The third-order valence-electron chi connectivity index (χ3n) is 3.10. The summed E-state index contributed by atoms with van der Waals surface area (Å²) >= 11 is 5.61. The van der Waals surface area contributed by atoms with Crippen molar-refractivity contribution in [1.29, 1.82) is 0 Å². The van der Waals surface area contributed by atoms with Gasteiger partial charge in [0.25, 0.3) is 5.56 Å². The van der Waals surface area contributed by atoms with Crippen LogP contribution in [-0.2, 0) is 0 Å². The molecule has 4 nitrogen and oxygen atoms in total. The van der Waals surface area contributed by atoms with Crippen molar-refractivity contribution in [2.75, 3.05) is 5.73 Å². The van der Waals surface area contributed by atoms with Gasteiger partial charge >= 0.3 is 0 Å². The minimum atomic E-state index is -0.567. The van der Waals surface area contributed by atoms with E-state index in [4.69, 9.17) is 17.3 Å². The molecule has 0 unspecified atom stereocenters. The molecule has 1 fully saturated rings. The largest absolute Gasteiger partial charge is 0.393 e. The summed E-state index contributed by atoms with van der Waals surface area (Å²) in [6.07, 6.45) is 2.05. The highest BCUT2D eigenvalue weighted by Crippen LogP contribution is 2.40. The second-order valence-electron chi connectivity index (χ2n) is 4.45. The number of nitrogens with two attached hydrogens (primary N) is 1. The summed E-state index contributed by atoms with van der Waals surface area (Å²) in [6, 6.07) is 4.18. The van der Waals surface area contributed by atoms with Gasteiger partial charge in [-0.05, 0) is 25.0 Å². The van der Waals surface area contributed by atoms with Gasteiger partial charge in [0.05, 0.1) is 16.4 Å². The first-order valence-corrected chi connectivity index (χ1v) is 6.01. The van der Waals surface area contributed by atoms with E-state index >= 15 is 0 Å². The van der Waals surface area contributed by atoms with Gasteiger partial charge in [-0.15, -0.1) is 0 Å². The van der Waals surface area contributed by atoms with Crippen LogP contribution in [0.2, 0.25) is 5.02 Å². The van der Waals surface area contributed by atoms with Crippen molar-refractivity contribution in [3.8, 4) is 5.69 Å². The first kappa shape index (κ1) is 11.3. The van der Waals surface area contributed by atoms with Crippen molar-refractivity contribution in [3.05, 3.63) is 45.1 Å². The quantitative estimate of drug-likeness (QED) is 0.878. The van der Waals surface area contributed by atoms with E-state index in [0.717, 1.165) is 18.5 Å².